The van der Waals surface area contributed by atoms with Crippen molar-refractivity contribution in [1.29, 1.82) is 0 Å². The van der Waals surface area contributed by atoms with Gasteiger partial charge in [0.15, 0.2) is 11.4 Å². The second kappa shape index (κ2) is 8.47. The number of quaternary nitrogens is 1. The average Bonchev–Trinajstić information content (AvgIpc) is 3.13. The summed E-state index contributed by atoms with van der Waals surface area (Å²) in [6.07, 6.45) is 2.10. The lowest BCUT2D eigenvalue weighted by atomic mass is 10.1. The molecule has 0 unspecified atom stereocenters. The van der Waals surface area contributed by atoms with Crippen LogP contribution in [0.2, 0.25) is 0 Å². The van der Waals surface area contributed by atoms with Crippen LogP contribution >= 0.6 is 15.9 Å². The molecule has 6 nitrogen and oxygen atoms in total. The molecule has 5 rings (SSSR count). The number of halogens is 1. The SMILES string of the molecule is COc1ccc(CN2C=c3ccccc3=C3[NH2+]N(c4ccc(Br)cc4)C(O)=C32)cc1.[OH-]. The van der Waals surface area contributed by atoms with Crippen LogP contribution in [-0.2, 0) is 6.54 Å². The summed E-state index contributed by atoms with van der Waals surface area (Å²) in [7, 11) is 1.67. The summed E-state index contributed by atoms with van der Waals surface area (Å²) in [5, 5.41) is 15.3. The van der Waals surface area contributed by atoms with E-state index in [9.17, 15) is 5.11 Å². The topological polar surface area (TPSA) is 82.5 Å². The second-order valence-electron chi connectivity index (χ2n) is 7.25. The third-order valence-electron chi connectivity index (χ3n) is 5.40. The summed E-state index contributed by atoms with van der Waals surface area (Å²) in [5.74, 6) is 1.06. The molecule has 31 heavy (non-hydrogen) atoms. The third-order valence-corrected chi connectivity index (χ3v) is 5.93. The number of aliphatic hydroxyl groups excluding tert-OH is 1. The molecule has 0 aliphatic carbocycles. The van der Waals surface area contributed by atoms with E-state index in [1.54, 1.807) is 7.11 Å². The van der Waals surface area contributed by atoms with E-state index in [4.69, 9.17) is 4.74 Å². The van der Waals surface area contributed by atoms with Crippen molar-refractivity contribution in [3.63, 3.8) is 0 Å². The second-order valence-corrected chi connectivity index (χ2v) is 8.17. The molecule has 0 atom stereocenters. The molecular formula is C24H22BrN3O3. The van der Waals surface area contributed by atoms with Crippen LogP contribution in [0.15, 0.2) is 88.8 Å². The van der Waals surface area contributed by atoms with Gasteiger partial charge >= 0.3 is 0 Å². The summed E-state index contributed by atoms with van der Waals surface area (Å²) in [5.41, 5.74) is 5.88. The average molecular weight is 480 g/mol. The number of nitrogens with two attached hydrogens (primary N) is 1. The van der Waals surface area contributed by atoms with Gasteiger partial charge in [-0.05, 0) is 48.0 Å². The normalized spacial score (nSPS) is 14.6. The zero-order valence-corrected chi connectivity index (χ0v) is 18.5. The van der Waals surface area contributed by atoms with Gasteiger partial charge in [0, 0.05) is 27.7 Å². The largest absolute Gasteiger partial charge is 0.870 e. The van der Waals surface area contributed by atoms with Crippen molar-refractivity contribution in [1.82, 2.24) is 4.90 Å². The highest BCUT2D eigenvalue weighted by molar-refractivity contribution is 9.10. The van der Waals surface area contributed by atoms with Crippen LogP contribution in [0.25, 0.3) is 11.9 Å². The van der Waals surface area contributed by atoms with E-state index in [1.165, 1.54) is 0 Å². The number of fused-ring (bicyclic) bond motifs is 2. The molecule has 3 aromatic carbocycles. The predicted octanol–water partition coefficient (Wildman–Crippen LogP) is 2.37. The fourth-order valence-corrected chi connectivity index (χ4v) is 4.17. The Hall–Kier alpha value is -3.26. The minimum absolute atomic E-state index is 0. The molecule has 0 bridgehead atoms. The lowest BCUT2D eigenvalue weighted by Gasteiger charge is -2.23. The molecule has 2 aliphatic rings. The van der Waals surface area contributed by atoms with E-state index in [0.29, 0.717) is 6.54 Å². The number of nitrogens with zero attached hydrogens (tertiary/aromatic N) is 2. The van der Waals surface area contributed by atoms with Gasteiger partial charge in [-0.25, -0.2) is 5.43 Å². The summed E-state index contributed by atoms with van der Waals surface area (Å²) >= 11 is 3.48. The van der Waals surface area contributed by atoms with Crippen molar-refractivity contribution in [2.75, 3.05) is 12.1 Å². The van der Waals surface area contributed by atoms with Gasteiger partial charge in [-0.2, -0.15) is 5.01 Å². The van der Waals surface area contributed by atoms with Crippen LogP contribution in [0.4, 0.5) is 5.69 Å². The standard InChI is InChI=1S/C24H20BrN3O2.H2O/c1-30-20-12-6-16(7-13-20)14-27-15-17-4-2-3-5-21(17)22-23(27)24(29)28(26-22)19-10-8-18(25)9-11-19;/h2-13,15,26,29H,14H2,1H3;1H2. The highest BCUT2D eigenvalue weighted by Crippen LogP contribution is 2.28. The Bertz CT molecular complexity index is 1250. The first-order valence-corrected chi connectivity index (χ1v) is 10.5. The monoisotopic (exact) mass is 479 g/mol. The number of anilines is 1. The minimum Gasteiger partial charge on any atom is -0.870 e. The van der Waals surface area contributed by atoms with E-state index in [2.05, 4.69) is 51.3 Å². The smallest absolute Gasteiger partial charge is 0.270 e. The number of rotatable bonds is 4. The number of aliphatic hydroxyl groups is 1. The highest BCUT2D eigenvalue weighted by Gasteiger charge is 2.38. The molecule has 0 radical (unpaired) electrons. The first-order valence-electron chi connectivity index (χ1n) is 9.68. The number of hydrogen-bond donors (Lipinski definition) is 2. The van der Waals surface area contributed by atoms with Gasteiger partial charge in [-0.15, -0.1) is 0 Å². The minimum atomic E-state index is 0. The lowest BCUT2D eigenvalue weighted by molar-refractivity contribution is -0.568. The highest BCUT2D eigenvalue weighted by atomic mass is 79.9. The van der Waals surface area contributed by atoms with Gasteiger partial charge in [-0.1, -0.05) is 46.3 Å². The molecular weight excluding hydrogens is 458 g/mol. The van der Waals surface area contributed by atoms with E-state index in [-0.39, 0.29) is 11.4 Å². The van der Waals surface area contributed by atoms with Crippen molar-refractivity contribution in [3.8, 4) is 5.75 Å². The van der Waals surface area contributed by atoms with Crippen LogP contribution in [-0.4, -0.2) is 22.6 Å². The Labute approximate surface area is 188 Å². The molecule has 0 saturated heterocycles. The van der Waals surface area contributed by atoms with Crippen molar-refractivity contribution >= 4 is 33.5 Å². The summed E-state index contributed by atoms with van der Waals surface area (Å²) in [4.78, 5) is 2.12. The maximum Gasteiger partial charge on any atom is 0.270 e. The van der Waals surface area contributed by atoms with Crippen molar-refractivity contribution in [2.45, 2.75) is 6.54 Å². The number of ether oxygens (including phenoxy) is 1. The molecule has 0 fully saturated rings. The predicted molar refractivity (Wildman–Crippen MR) is 122 cm³/mol. The van der Waals surface area contributed by atoms with Crippen LogP contribution in [0.1, 0.15) is 5.56 Å². The van der Waals surface area contributed by atoms with Crippen molar-refractivity contribution in [2.24, 2.45) is 0 Å². The van der Waals surface area contributed by atoms with Gasteiger partial charge in [0.25, 0.3) is 5.88 Å². The molecule has 0 amide bonds. The molecule has 0 saturated carbocycles. The van der Waals surface area contributed by atoms with Gasteiger partial charge < -0.3 is 20.2 Å². The molecule has 158 valence electrons. The third kappa shape index (κ3) is 3.79. The quantitative estimate of drug-likeness (QED) is 0.561. The number of methoxy groups -OCH3 is 1. The summed E-state index contributed by atoms with van der Waals surface area (Å²) < 4.78 is 6.28. The van der Waals surface area contributed by atoms with E-state index in [1.807, 2.05) is 59.0 Å². The summed E-state index contributed by atoms with van der Waals surface area (Å²) in [6.45, 7) is 0.642. The van der Waals surface area contributed by atoms with Crippen LogP contribution in [0, 0.1) is 0 Å². The van der Waals surface area contributed by atoms with Crippen LogP contribution < -0.4 is 25.6 Å². The lowest BCUT2D eigenvalue weighted by Crippen LogP contribution is -2.90. The van der Waals surface area contributed by atoms with Gasteiger partial charge in [0.1, 0.15) is 5.75 Å². The van der Waals surface area contributed by atoms with Crippen molar-refractivity contribution < 1.29 is 20.7 Å². The zero-order valence-electron chi connectivity index (χ0n) is 16.9. The Morgan fingerprint density at radius 2 is 1.68 bits per heavy atom. The van der Waals surface area contributed by atoms with E-state index >= 15 is 0 Å². The van der Waals surface area contributed by atoms with E-state index in [0.717, 1.165) is 43.3 Å². The molecule has 2 heterocycles. The molecule has 0 spiro atoms. The fourth-order valence-electron chi connectivity index (χ4n) is 3.90. The first-order chi connectivity index (χ1) is 14.6. The Morgan fingerprint density at radius 3 is 2.39 bits per heavy atom. The van der Waals surface area contributed by atoms with Gasteiger partial charge in [0.2, 0.25) is 0 Å². The fraction of sp³-hybridized carbons (Fsp3) is 0.0833. The van der Waals surface area contributed by atoms with Crippen LogP contribution in [0.3, 0.4) is 0 Å². The number of benzene rings is 3. The Morgan fingerprint density at radius 1 is 0.968 bits per heavy atom. The molecule has 2 aliphatic heterocycles. The maximum atomic E-state index is 11.2. The van der Waals surface area contributed by atoms with Crippen molar-refractivity contribution in [3.05, 3.63) is 105 Å². The zero-order chi connectivity index (χ0) is 20.7. The molecule has 4 N–H and O–H groups in total. The molecule has 7 heteroatoms. The first kappa shape index (κ1) is 21.0. The Balaban J connectivity index is 0.00000231. The summed E-state index contributed by atoms with van der Waals surface area (Å²) in [6, 6.07) is 24.2. The van der Waals surface area contributed by atoms with E-state index < -0.39 is 0 Å². The van der Waals surface area contributed by atoms with Gasteiger partial charge in [-0.3, -0.25) is 0 Å². The maximum absolute atomic E-state index is 11.2. The Kier molecular flexibility index (Phi) is 5.73. The number of hydrogen-bond acceptors (Lipinski definition) is 5. The van der Waals surface area contributed by atoms with Crippen LogP contribution in [0.5, 0.6) is 5.75 Å². The molecule has 3 aromatic rings. The molecule has 0 aromatic heterocycles. The van der Waals surface area contributed by atoms with Gasteiger partial charge in [0.05, 0.1) is 12.8 Å².